The lowest BCUT2D eigenvalue weighted by Crippen LogP contribution is -2.22. The van der Waals surface area contributed by atoms with Crippen LogP contribution in [-0.4, -0.2) is 19.0 Å². The van der Waals surface area contributed by atoms with Gasteiger partial charge in [0, 0.05) is 12.6 Å². The molecule has 0 aliphatic rings. The molecule has 0 aliphatic carbocycles. The molecule has 17 heavy (non-hydrogen) atoms. The number of nitrogens with two attached hydrogens (primary N) is 1. The van der Waals surface area contributed by atoms with Crippen molar-refractivity contribution in [2.75, 3.05) is 13.1 Å². The number of carbonyl (C=O) groups is 1. The minimum Gasteiger partial charge on any atom is -0.353 e. The molecule has 3 heteroatoms. The fraction of sp³-hybridized carbons (Fsp3) is 0.357. The minimum atomic E-state index is -0.0532. The van der Waals surface area contributed by atoms with Crippen LogP contribution in [0.1, 0.15) is 24.0 Å². The van der Waals surface area contributed by atoms with Crippen molar-refractivity contribution in [3.63, 3.8) is 0 Å². The molecule has 0 unspecified atom stereocenters. The summed E-state index contributed by atoms with van der Waals surface area (Å²) >= 11 is 0. The third kappa shape index (κ3) is 5.88. The summed E-state index contributed by atoms with van der Waals surface area (Å²) in [5, 5.41) is 2.82. The molecule has 1 amide bonds. The maximum absolute atomic E-state index is 11.4. The Morgan fingerprint density at radius 1 is 1.29 bits per heavy atom. The first-order chi connectivity index (χ1) is 8.22. The number of nitrogens with one attached hydrogen (secondary N) is 1. The van der Waals surface area contributed by atoms with Crippen LogP contribution in [0, 0.1) is 6.92 Å². The predicted molar refractivity (Wildman–Crippen MR) is 71.5 cm³/mol. The summed E-state index contributed by atoms with van der Waals surface area (Å²) in [7, 11) is 0. The van der Waals surface area contributed by atoms with E-state index in [4.69, 9.17) is 5.73 Å². The Morgan fingerprint density at radius 3 is 2.65 bits per heavy atom. The van der Waals surface area contributed by atoms with Crippen LogP contribution in [0.25, 0.3) is 6.08 Å². The van der Waals surface area contributed by atoms with Gasteiger partial charge in [0.15, 0.2) is 0 Å². The number of hydrogen-bond donors (Lipinski definition) is 2. The third-order valence-electron chi connectivity index (χ3n) is 2.43. The average molecular weight is 232 g/mol. The van der Waals surface area contributed by atoms with Crippen LogP contribution in [-0.2, 0) is 4.79 Å². The molecular formula is C14H20N2O. The number of unbranched alkanes of at least 4 members (excludes halogenated alkanes) is 1. The minimum absolute atomic E-state index is 0.0532. The van der Waals surface area contributed by atoms with E-state index in [0.717, 1.165) is 18.4 Å². The number of rotatable bonds is 6. The second-order valence-electron chi connectivity index (χ2n) is 4.03. The highest BCUT2D eigenvalue weighted by Crippen LogP contribution is 2.04. The van der Waals surface area contributed by atoms with Crippen LogP contribution < -0.4 is 11.1 Å². The first-order valence-corrected chi connectivity index (χ1v) is 5.95. The van der Waals surface area contributed by atoms with Crippen molar-refractivity contribution >= 4 is 12.0 Å². The summed E-state index contributed by atoms with van der Waals surface area (Å²) in [6.45, 7) is 3.40. The maximum Gasteiger partial charge on any atom is 0.243 e. The molecule has 0 spiro atoms. The van der Waals surface area contributed by atoms with Crippen molar-refractivity contribution in [2.45, 2.75) is 19.8 Å². The molecule has 0 bridgehead atoms. The van der Waals surface area contributed by atoms with Gasteiger partial charge in [-0.3, -0.25) is 4.79 Å². The fourth-order valence-corrected chi connectivity index (χ4v) is 1.39. The van der Waals surface area contributed by atoms with Gasteiger partial charge < -0.3 is 11.1 Å². The van der Waals surface area contributed by atoms with Crippen molar-refractivity contribution in [2.24, 2.45) is 5.73 Å². The standard InChI is InChI=1S/C14H20N2O/c1-12-4-6-13(7-5-12)8-9-14(17)16-11-3-2-10-15/h4-9H,2-3,10-11,15H2,1H3,(H,16,17)/b9-8+. The van der Waals surface area contributed by atoms with E-state index in [1.165, 1.54) is 5.56 Å². The lowest BCUT2D eigenvalue weighted by atomic mass is 10.1. The van der Waals surface area contributed by atoms with E-state index >= 15 is 0 Å². The first kappa shape index (κ1) is 13.5. The van der Waals surface area contributed by atoms with E-state index in [0.29, 0.717) is 13.1 Å². The van der Waals surface area contributed by atoms with Crippen LogP contribution >= 0.6 is 0 Å². The second-order valence-corrected chi connectivity index (χ2v) is 4.03. The Kier molecular flexibility index (Phi) is 6.04. The number of aryl methyl sites for hydroxylation is 1. The van der Waals surface area contributed by atoms with E-state index in [2.05, 4.69) is 5.32 Å². The van der Waals surface area contributed by atoms with Crippen molar-refractivity contribution in [1.82, 2.24) is 5.32 Å². The molecular weight excluding hydrogens is 212 g/mol. The smallest absolute Gasteiger partial charge is 0.243 e. The molecule has 3 N–H and O–H groups in total. The second kappa shape index (κ2) is 7.63. The van der Waals surface area contributed by atoms with Crippen molar-refractivity contribution in [3.05, 3.63) is 41.5 Å². The zero-order valence-corrected chi connectivity index (χ0v) is 10.3. The van der Waals surface area contributed by atoms with Crippen LogP contribution in [0.2, 0.25) is 0 Å². The molecule has 1 aromatic rings. The quantitative estimate of drug-likeness (QED) is 0.581. The molecule has 0 saturated heterocycles. The summed E-state index contributed by atoms with van der Waals surface area (Å²) in [6, 6.07) is 8.04. The Balaban J connectivity index is 2.32. The first-order valence-electron chi connectivity index (χ1n) is 5.95. The normalized spacial score (nSPS) is 10.7. The predicted octanol–water partition coefficient (Wildman–Crippen LogP) is 1.86. The molecule has 1 rings (SSSR count). The Hall–Kier alpha value is -1.61. The van der Waals surface area contributed by atoms with E-state index in [1.54, 1.807) is 6.08 Å². The van der Waals surface area contributed by atoms with Gasteiger partial charge in [0.25, 0.3) is 0 Å². The molecule has 1 aromatic carbocycles. The monoisotopic (exact) mass is 232 g/mol. The molecule has 0 atom stereocenters. The molecule has 92 valence electrons. The summed E-state index contributed by atoms with van der Waals surface area (Å²) in [4.78, 5) is 11.4. The molecule has 0 aromatic heterocycles. The van der Waals surface area contributed by atoms with E-state index in [-0.39, 0.29) is 5.91 Å². The van der Waals surface area contributed by atoms with Gasteiger partial charge in [-0.25, -0.2) is 0 Å². The summed E-state index contributed by atoms with van der Waals surface area (Å²) < 4.78 is 0. The molecule has 0 aliphatic heterocycles. The zero-order valence-electron chi connectivity index (χ0n) is 10.3. The summed E-state index contributed by atoms with van der Waals surface area (Å²) in [6.07, 6.45) is 5.26. The molecule has 0 heterocycles. The Labute approximate surface area is 103 Å². The van der Waals surface area contributed by atoms with Gasteiger partial charge in [0.2, 0.25) is 5.91 Å². The maximum atomic E-state index is 11.4. The zero-order chi connectivity index (χ0) is 12.5. The molecule has 0 fully saturated rings. The SMILES string of the molecule is Cc1ccc(/C=C/C(=O)NCCCCN)cc1. The highest BCUT2D eigenvalue weighted by atomic mass is 16.1. The molecule has 3 nitrogen and oxygen atoms in total. The van der Waals surface area contributed by atoms with Crippen LogP contribution in [0.15, 0.2) is 30.3 Å². The van der Waals surface area contributed by atoms with Gasteiger partial charge >= 0.3 is 0 Å². The van der Waals surface area contributed by atoms with Gasteiger partial charge in [0.1, 0.15) is 0 Å². The third-order valence-corrected chi connectivity index (χ3v) is 2.43. The number of hydrogen-bond acceptors (Lipinski definition) is 2. The molecule has 0 saturated carbocycles. The fourth-order valence-electron chi connectivity index (χ4n) is 1.39. The van der Waals surface area contributed by atoms with Crippen molar-refractivity contribution < 1.29 is 4.79 Å². The van der Waals surface area contributed by atoms with Gasteiger partial charge in [-0.05, 0) is 37.9 Å². The number of benzene rings is 1. The van der Waals surface area contributed by atoms with Gasteiger partial charge in [-0.2, -0.15) is 0 Å². The van der Waals surface area contributed by atoms with Gasteiger partial charge in [-0.15, -0.1) is 0 Å². The Morgan fingerprint density at radius 2 is 2.00 bits per heavy atom. The lowest BCUT2D eigenvalue weighted by Gasteiger charge is -2.00. The highest BCUT2D eigenvalue weighted by Gasteiger charge is 1.94. The van der Waals surface area contributed by atoms with Crippen LogP contribution in [0.4, 0.5) is 0 Å². The van der Waals surface area contributed by atoms with Crippen molar-refractivity contribution in [1.29, 1.82) is 0 Å². The van der Waals surface area contributed by atoms with E-state index in [1.807, 2.05) is 37.3 Å². The topological polar surface area (TPSA) is 55.1 Å². The number of amides is 1. The molecule has 0 radical (unpaired) electrons. The van der Waals surface area contributed by atoms with E-state index in [9.17, 15) is 4.79 Å². The van der Waals surface area contributed by atoms with Crippen molar-refractivity contribution in [3.8, 4) is 0 Å². The summed E-state index contributed by atoms with van der Waals surface area (Å²) in [5.74, 6) is -0.0532. The number of carbonyl (C=O) groups excluding carboxylic acids is 1. The van der Waals surface area contributed by atoms with Crippen LogP contribution in [0.5, 0.6) is 0 Å². The Bertz CT molecular complexity index is 368. The summed E-state index contributed by atoms with van der Waals surface area (Å²) in [5.41, 5.74) is 7.62. The van der Waals surface area contributed by atoms with E-state index < -0.39 is 0 Å². The van der Waals surface area contributed by atoms with Crippen LogP contribution in [0.3, 0.4) is 0 Å². The largest absolute Gasteiger partial charge is 0.353 e. The highest BCUT2D eigenvalue weighted by molar-refractivity contribution is 5.91. The average Bonchev–Trinajstić information content (AvgIpc) is 2.34. The van der Waals surface area contributed by atoms with Gasteiger partial charge in [-0.1, -0.05) is 29.8 Å². The lowest BCUT2D eigenvalue weighted by molar-refractivity contribution is -0.116. The van der Waals surface area contributed by atoms with Gasteiger partial charge in [0.05, 0.1) is 0 Å².